The van der Waals surface area contributed by atoms with E-state index in [1.54, 1.807) is 18.2 Å². The summed E-state index contributed by atoms with van der Waals surface area (Å²) in [6.45, 7) is -0.372. The van der Waals surface area contributed by atoms with Crippen molar-refractivity contribution < 1.29 is 37.3 Å². The van der Waals surface area contributed by atoms with Crippen LogP contribution in [0.25, 0.3) is 10.8 Å². The highest BCUT2D eigenvalue weighted by molar-refractivity contribution is 7.89. The number of nitrogens with two attached hydrogens (primary N) is 1. The maximum atomic E-state index is 13.3. The Balaban J connectivity index is 2.38. The Morgan fingerprint density at radius 1 is 1.11 bits per heavy atom. The summed E-state index contributed by atoms with van der Waals surface area (Å²) in [7, 11) is 0.165. The minimum Gasteiger partial charge on any atom is -0.493 e. The zero-order valence-electron chi connectivity index (χ0n) is 20.9. The molecular weight excluding hydrogens is 506 g/mol. The Labute approximate surface area is 215 Å². The first-order valence-electron chi connectivity index (χ1n) is 11.3. The second kappa shape index (κ2) is 13.6. The van der Waals surface area contributed by atoms with Gasteiger partial charge in [-0.05, 0) is 47.9 Å². The number of hydrogen-bond donors (Lipinski definition) is 5. The number of aliphatic carboxylic acids is 1. The van der Waals surface area contributed by atoms with Crippen LogP contribution in [0.2, 0.25) is 0 Å². The van der Waals surface area contributed by atoms with Crippen molar-refractivity contribution in [3.8, 4) is 11.5 Å². The normalized spacial score (nSPS) is 12.1. The highest BCUT2D eigenvalue weighted by Gasteiger charge is 2.30. The van der Waals surface area contributed by atoms with E-state index in [0.717, 1.165) is 4.90 Å². The molecule has 0 spiro atoms. The first-order chi connectivity index (χ1) is 17.5. The van der Waals surface area contributed by atoms with Gasteiger partial charge >= 0.3 is 5.97 Å². The van der Waals surface area contributed by atoms with Crippen molar-refractivity contribution in [1.82, 2.24) is 14.9 Å². The molecule has 0 aliphatic carbocycles. The number of guanidine groups is 1. The largest absolute Gasteiger partial charge is 0.493 e. The van der Waals surface area contributed by atoms with Crippen molar-refractivity contribution in [3.63, 3.8) is 0 Å². The summed E-state index contributed by atoms with van der Waals surface area (Å²) in [6, 6.07) is 6.54. The number of ether oxygens (including phenoxy) is 3. The second-order valence-corrected chi connectivity index (χ2v) is 9.73. The second-order valence-electron chi connectivity index (χ2n) is 8.02. The molecule has 37 heavy (non-hydrogen) atoms. The van der Waals surface area contributed by atoms with E-state index in [4.69, 9.17) is 25.4 Å². The van der Waals surface area contributed by atoms with Crippen LogP contribution in [0, 0.1) is 5.41 Å². The van der Waals surface area contributed by atoms with E-state index in [-0.39, 0.29) is 43.4 Å². The van der Waals surface area contributed by atoms with Crippen molar-refractivity contribution in [2.45, 2.75) is 23.8 Å². The smallest absolute Gasteiger partial charge is 0.323 e. The van der Waals surface area contributed by atoms with E-state index in [1.165, 1.54) is 33.5 Å². The number of benzene rings is 2. The maximum absolute atomic E-state index is 13.3. The number of methoxy groups -OCH3 is 3. The van der Waals surface area contributed by atoms with Gasteiger partial charge in [0, 0.05) is 20.2 Å². The molecule has 0 fully saturated rings. The summed E-state index contributed by atoms with van der Waals surface area (Å²) in [4.78, 5) is 25.5. The lowest BCUT2D eigenvalue weighted by Crippen LogP contribution is -2.51. The minimum absolute atomic E-state index is 0.0278. The van der Waals surface area contributed by atoms with Gasteiger partial charge in [-0.1, -0.05) is 6.07 Å². The lowest BCUT2D eigenvalue weighted by atomic mass is 10.1. The molecule has 0 radical (unpaired) electrons. The van der Waals surface area contributed by atoms with Crippen LogP contribution in [-0.4, -0.2) is 89.9 Å². The average Bonchev–Trinajstić information content (AvgIpc) is 2.86. The van der Waals surface area contributed by atoms with E-state index in [0.29, 0.717) is 22.3 Å². The summed E-state index contributed by atoms with van der Waals surface area (Å²) in [5.74, 6) is -1.31. The van der Waals surface area contributed by atoms with Gasteiger partial charge in [-0.25, -0.2) is 8.42 Å². The predicted octanol–water partition coefficient (Wildman–Crippen LogP) is 0.327. The highest BCUT2D eigenvalue weighted by Crippen LogP contribution is 2.33. The summed E-state index contributed by atoms with van der Waals surface area (Å²) in [5, 5.41) is 20.4. The number of nitrogens with one attached hydrogen (secondary N) is 3. The lowest BCUT2D eigenvalue weighted by molar-refractivity contribution is -0.145. The molecule has 0 heterocycles. The number of hydrogen-bond acceptors (Lipinski definition) is 8. The number of fused-ring (bicyclic) bond motifs is 1. The van der Waals surface area contributed by atoms with Crippen molar-refractivity contribution in [1.29, 1.82) is 5.41 Å². The van der Waals surface area contributed by atoms with E-state index in [9.17, 15) is 23.1 Å². The van der Waals surface area contributed by atoms with E-state index >= 15 is 0 Å². The third-order valence-corrected chi connectivity index (χ3v) is 6.88. The standard InChI is InChI=1S/C23H33N5O8S/c1-34-10-9-28(14-21(29)30)22(31)18(5-4-8-26-23(24)25)27-37(32,33)17-7-6-15-12-19(35-2)20(36-3)13-16(15)11-17/h6-7,11-13,18,27H,4-5,8-10,14H2,1-3H3,(H,29,30)(H4,24,25,26)/t18-/m0/s1. The Hall–Kier alpha value is -3.62. The molecule has 0 aromatic heterocycles. The van der Waals surface area contributed by atoms with Crippen LogP contribution < -0.4 is 25.2 Å². The fourth-order valence-corrected chi connectivity index (χ4v) is 4.85. The van der Waals surface area contributed by atoms with Crippen LogP contribution in [0.15, 0.2) is 35.2 Å². The molecule has 0 aliphatic rings. The van der Waals surface area contributed by atoms with Crippen molar-refractivity contribution in [2.75, 3.05) is 47.6 Å². The molecule has 1 atom stereocenters. The molecule has 2 aromatic carbocycles. The third-order valence-electron chi connectivity index (χ3n) is 5.41. The predicted molar refractivity (Wildman–Crippen MR) is 136 cm³/mol. The monoisotopic (exact) mass is 539 g/mol. The number of rotatable bonds is 15. The number of carbonyl (C=O) groups is 2. The van der Waals surface area contributed by atoms with Crippen LogP contribution in [0.3, 0.4) is 0 Å². The van der Waals surface area contributed by atoms with Crippen molar-refractivity contribution in [2.24, 2.45) is 5.73 Å². The van der Waals surface area contributed by atoms with Crippen LogP contribution >= 0.6 is 0 Å². The van der Waals surface area contributed by atoms with Crippen LogP contribution in [-0.2, 0) is 24.3 Å². The average molecular weight is 540 g/mol. The Kier molecular flexibility index (Phi) is 10.9. The summed E-state index contributed by atoms with van der Waals surface area (Å²) >= 11 is 0. The van der Waals surface area contributed by atoms with Gasteiger partial charge in [0.05, 0.1) is 25.7 Å². The van der Waals surface area contributed by atoms with Crippen molar-refractivity contribution >= 4 is 38.6 Å². The molecule has 0 bridgehead atoms. The molecule has 1 amide bonds. The topological polar surface area (TPSA) is 193 Å². The van der Waals surface area contributed by atoms with Gasteiger partial charge in [-0.15, -0.1) is 0 Å². The van der Waals surface area contributed by atoms with Gasteiger partial charge in [0.1, 0.15) is 12.6 Å². The van der Waals surface area contributed by atoms with Gasteiger partial charge < -0.3 is 35.3 Å². The fraction of sp³-hybridized carbons (Fsp3) is 0.435. The maximum Gasteiger partial charge on any atom is 0.323 e. The molecular formula is C23H33N5O8S. The zero-order valence-corrected chi connectivity index (χ0v) is 21.8. The number of carboxylic acids is 1. The quantitative estimate of drug-likeness (QED) is 0.120. The van der Waals surface area contributed by atoms with Crippen LogP contribution in [0.5, 0.6) is 11.5 Å². The number of nitrogens with zero attached hydrogens (tertiary/aromatic N) is 1. The Morgan fingerprint density at radius 2 is 1.76 bits per heavy atom. The lowest BCUT2D eigenvalue weighted by Gasteiger charge is -2.26. The summed E-state index contributed by atoms with van der Waals surface area (Å²) in [5.41, 5.74) is 5.28. The van der Waals surface area contributed by atoms with Gasteiger partial charge in [0.15, 0.2) is 17.5 Å². The molecule has 2 rings (SSSR count). The Morgan fingerprint density at radius 3 is 2.32 bits per heavy atom. The number of carboxylic acid groups (broad SMARTS) is 1. The van der Waals surface area contributed by atoms with Gasteiger partial charge in [-0.2, -0.15) is 4.72 Å². The van der Waals surface area contributed by atoms with Crippen LogP contribution in [0.4, 0.5) is 0 Å². The molecule has 0 aliphatic heterocycles. The van der Waals surface area contributed by atoms with Gasteiger partial charge in [0.25, 0.3) is 0 Å². The van der Waals surface area contributed by atoms with E-state index in [2.05, 4.69) is 10.0 Å². The number of carbonyl (C=O) groups excluding carboxylic acids is 1. The number of sulfonamides is 1. The molecule has 0 saturated carbocycles. The SMILES string of the molecule is COCCN(CC(=O)O)C(=O)[C@H](CCCNC(=N)N)NS(=O)(=O)c1ccc2cc(OC)c(OC)cc2c1. The molecule has 0 saturated heterocycles. The third kappa shape index (κ3) is 8.48. The van der Waals surface area contributed by atoms with E-state index < -0.39 is 34.5 Å². The van der Waals surface area contributed by atoms with E-state index in [1.807, 2.05) is 0 Å². The Bertz CT molecular complexity index is 1220. The first kappa shape index (κ1) is 29.6. The molecule has 6 N–H and O–H groups in total. The summed E-state index contributed by atoms with van der Waals surface area (Å²) < 4.78 is 44.6. The zero-order chi connectivity index (χ0) is 27.6. The highest BCUT2D eigenvalue weighted by atomic mass is 32.2. The molecule has 14 heteroatoms. The van der Waals surface area contributed by atoms with Crippen LogP contribution in [0.1, 0.15) is 12.8 Å². The van der Waals surface area contributed by atoms with Gasteiger partial charge in [-0.3, -0.25) is 15.0 Å². The van der Waals surface area contributed by atoms with Crippen molar-refractivity contribution in [3.05, 3.63) is 30.3 Å². The minimum atomic E-state index is -4.20. The molecule has 13 nitrogen and oxygen atoms in total. The van der Waals surface area contributed by atoms with Gasteiger partial charge in [0.2, 0.25) is 15.9 Å². The molecule has 2 aromatic rings. The fourth-order valence-electron chi connectivity index (χ4n) is 3.59. The first-order valence-corrected chi connectivity index (χ1v) is 12.8. The molecule has 204 valence electrons. The molecule has 0 unspecified atom stereocenters. The summed E-state index contributed by atoms with van der Waals surface area (Å²) in [6.07, 6.45) is 0.304. The number of amides is 1.